The lowest BCUT2D eigenvalue weighted by molar-refractivity contribution is 0.102. The minimum Gasteiger partial charge on any atom is -0.391 e. The van der Waals surface area contributed by atoms with Crippen molar-refractivity contribution in [1.82, 2.24) is 9.97 Å². The molecule has 1 saturated heterocycles. The van der Waals surface area contributed by atoms with Gasteiger partial charge in [0.1, 0.15) is 16.8 Å². The minimum absolute atomic E-state index is 0.294. The normalized spacial score (nSPS) is 24.4. The molecule has 2 heterocycles. The third-order valence-corrected chi connectivity index (χ3v) is 4.01. The van der Waals surface area contributed by atoms with Crippen LogP contribution in [0.1, 0.15) is 31.7 Å². The van der Waals surface area contributed by atoms with Gasteiger partial charge < -0.3 is 10.0 Å². The molecule has 1 N–H and O–H groups in total. The molecule has 4 nitrogen and oxygen atoms in total. The number of hydrogen-bond donors (Lipinski definition) is 1. The summed E-state index contributed by atoms with van der Waals surface area (Å²) in [7, 11) is 0. The summed E-state index contributed by atoms with van der Waals surface area (Å²) < 4.78 is 0. The number of piperidine rings is 1. The number of aliphatic hydroxyl groups is 1. The molecule has 0 aromatic carbocycles. The Morgan fingerprint density at radius 1 is 1.44 bits per heavy atom. The van der Waals surface area contributed by atoms with Crippen LogP contribution in [0.4, 0.5) is 5.82 Å². The second-order valence-electron chi connectivity index (χ2n) is 5.01. The molecule has 18 heavy (non-hydrogen) atoms. The van der Waals surface area contributed by atoms with Crippen molar-refractivity contribution in [3.8, 4) is 0 Å². The van der Waals surface area contributed by atoms with E-state index in [0.717, 1.165) is 36.6 Å². The van der Waals surface area contributed by atoms with E-state index in [2.05, 4.69) is 21.8 Å². The van der Waals surface area contributed by atoms with E-state index < -0.39 is 0 Å². The number of nitrogens with zero attached hydrogens (tertiary/aromatic N) is 3. The average molecular weight is 270 g/mol. The minimum atomic E-state index is -0.294. The summed E-state index contributed by atoms with van der Waals surface area (Å²) >= 11 is 6.14. The molecule has 100 valence electrons. The van der Waals surface area contributed by atoms with Gasteiger partial charge in [-0.25, -0.2) is 9.97 Å². The summed E-state index contributed by atoms with van der Waals surface area (Å²) in [6, 6.07) is 0. The van der Waals surface area contributed by atoms with Gasteiger partial charge in [-0.05, 0) is 19.3 Å². The molecule has 1 aliphatic rings. The first-order chi connectivity index (χ1) is 8.52. The first kappa shape index (κ1) is 13.6. The third-order valence-electron chi connectivity index (χ3n) is 3.64. The van der Waals surface area contributed by atoms with E-state index >= 15 is 0 Å². The van der Waals surface area contributed by atoms with Crippen molar-refractivity contribution in [2.24, 2.45) is 5.92 Å². The van der Waals surface area contributed by atoms with E-state index in [0.29, 0.717) is 17.6 Å². The highest BCUT2D eigenvalue weighted by Gasteiger charge is 2.26. The molecule has 0 spiro atoms. The van der Waals surface area contributed by atoms with E-state index in [1.807, 2.05) is 13.8 Å². The summed E-state index contributed by atoms with van der Waals surface area (Å²) in [5, 5.41) is 10.5. The number of aliphatic hydroxyl groups excluding tert-OH is 1. The maximum Gasteiger partial charge on any atom is 0.137 e. The molecule has 1 aromatic rings. The Bertz CT molecular complexity index is 438. The zero-order valence-corrected chi connectivity index (χ0v) is 11.9. The predicted molar refractivity (Wildman–Crippen MR) is 73.2 cm³/mol. The van der Waals surface area contributed by atoms with Crippen molar-refractivity contribution in [2.75, 3.05) is 18.0 Å². The van der Waals surface area contributed by atoms with E-state index in [1.165, 1.54) is 0 Å². The fourth-order valence-electron chi connectivity index (χ4n) is 2.23. The van der Waals surface area contributed by atoms with Gasteiger partial charge in [0.2, 0.25) is 0 Å². The number of anilines is 1. The van der Waals surface area contributed by atoms with Crippen LogP contribution in [0, 0.1) is 12.8 Å². The number of hydrogen-bond acceptors (Lipinski definition) is 4. The number of β-amino-alcohol motifs (C(OH)–C–C–N with tert-alkyl or cyclic N) is 1. The van der Waals surface area contributed by atoms with E-state index in [4.69, 9.17) is 11.6 Å². The maximum absolute atomic E-state index is 9.98. The highest BCUT2D eigenvalue weighted by molar-refractivity contribution is 6.30. The van der Waals surface area contributed by atoms with Crippen LogP contribution < -0.4 is 4.90 Å². The molecular formula is C13H20ClN3O. The van der Waals surface area contributed by atoms with Crippen LogP contribution in [0.5, 0.6) is 0 Å². The molecule has 0 saturated carbocycles. The van der Waals surface area contributed by atoms with Crippen molar-refractivity contribution in [3.63, 3.8) is 0 Å². The predicted octanol–water partition coefficient (Wildman–Crippen LogP) is 2.21. The SMILES string of the molecule is CCc1nc(Cl)c(C)c(N2CCC(C)C(O)C2)n1. The van der Waals surface area contributed by atoms with Gasteiger partial charge >= 0.3 is 0 Å². The monoisotopic (exact) mass is 269 g/mol. The Labute approximate surface area is 113 Å². The molecule has 2 rings (SSSR count). The number of aryl methyl sites for hydroxylation is 1. The molecule has 1 aromatic heterocycles. The van der Waals surface area contributed by atoms with Gasteiger partial charge in [-0.3, -0.25) is 0 Å². The van der Waals surface area contributed by atoms with E-state index in [1.54, 1.807) is 0 Å². The van der Waals surface area contributed by atoms with Gasteiger partial charge in [0.15, 0.2) is 0 Å². The van der Waals surface area contributed by atoms with Crippen molar-refractivity contribution in [3.05, 3.63) is 16.5 Å². The molecule has 1 aliphatic heterocycles. The third kappa shape index (κ3) is 2.59. The maximum atomic E-state index is 9.98. The summed E-state index contributed by atoms with van der Waals surface area (Å²) in [6.45, 7) is 7.56. The molecule has 1 fully saturated rings. The van der Waals surface area contributed by atoms with Crippen LogP contribution in [0.25, 0.3) is 0 Å². The topological polar surface area (TPSA) is 49.2 Å². The molecule has 0 bridgehead atoms. The van der Waals surface area contributed by atoms with Gasteiger partial charge in [0.05, 0.1) is 6.10 Å². The first-order valence-corrected chi connectivity index (χ1v) is 6.86. The Morgan fingerprint density at radius 2 is 2.17 bits per heavy atom. The highest BCUT2D eigenvalue weighted by Crippen LogP contribution is 2.27. The summed E-state index contributed by atoms with van der Waals surface area (Å²) in [4.78, 5) is 10.9. The number of halogens is 1. The van der Waals surface area contributed by atoms with Crippen LogP contribution in [0.3, 0.4) is 0 Å². The molecule has 2 atom stereocenters. The molecule has 0 radical (unpaired) electrons. The average Bonchev–Trinajstić information content (AvgIpc) is 2.36. The first-order valence-electron chi connectivity index (χ1n) is 6.49. The quantitative estimate of drug-likeness (QED) is 0.837. The largest absolute Gasteiger partial charge is 0.391 e. The van der Waals surface area contributed by atoms with Gasteiger partial charge in [-0.2, -0.15) is 0 Å². The Morgan fingerprint density at radius 3 is 2.78 bits per heavy atom. The Hall–Kier alpha value is -0.870. The van der Waals surface area contributed by atoms with Crippen LogP contribution >= 0.6 is 11.6 Å². The molecule has 2 unspecified atom stereocenters. The van der Waals surface area contributed by atoms with Crippen LogP contribution in [-0.4, -0.2) is 34.3 Å². The number of rotatable bonds is 2. The van der Waals surface area contributed by atoms with Gasteiger partial charge in [-0.15, -0.1) is 0 Å². The molecular weight excluding hydrogens is 250 g/mol. The van der Waals surface area contributed by atoms with Crippen molar-refractivity contribution in [1.29, 1.82) is 0 Å². The summed E-state index contributed by atoms with van der Waals surface area (Å²) in [6.07, 6.45) is 1.45. The fraction of sp³-hybridized carbons (Fsp3) is 0.692. The standard InChI is InChI=1S/C13H20ClN3O/c1-4-11-15-12(14)9(3)13(16-11)17-6-5-8(2)10(18)7-17/h8,10,18H,4-7H2,1-3H3. The highest BCUT2D eigenvalue weighted by atomic mass is 35.5. The Balaban J connectivity index is 2.30. The van der Waals surface area contributed by atoms with Crippen molar-refractivity contribution in [2.45, 2.75) is 39.7 Å². The zero-order valence-electron chi connectivity index (χ0n) is 11.1. The summed E-state index contributed by atoms with van der Waals surface area (Å²) in [5.74, 6) is 1.98. The van der Waals surface area contributed by atoms with Crippen LogP contribution in [-0.2, 0) is 6.42 Å². The van der Waals surface area contributed by atoms with E-state index in [9.17, 15) is 5.11 Å². The lowest BCUT2D eigenvalue weighted by atomic mass is 9.96. The second-order valence-corrected chi connectivity index (χ2v) is 5.37. The van der Waals surface area contributed by atoms with Crippen molar-refractivity contribution >= 4 is 17.4 Å². The second kappa shape index (κ2) is 5.41. The van der Waals surface area contributed by atoms with Crippen LogP contribution in [0.15, 0.2) is 0 Å². The smallest absolute Gasteiger partial charge is 0.137 e. The van der Waals surface area contributed by atoms with E-state index in [-0.39, 0.29) is 6.10 Å². The lowest BCUT2D eigenvalue weighted by Crippen LogP contribution is -2.43. The fourth-order valence-corrected chi connectivity index (χ4v) is 2.41. The van der Waals surface area contributed by atoms with Crippen LogP contribution in [0.2, 0.25) is 5.15 Å². The Kier molecular flexibility index (Phi) is 4.07. The molecule has 0 aliphatic carbocycles. The number of aromatic nitrogens is 2. The lowest BCUT2D eigenvalue weighted by Gasteiger charge is -2.35. The zero-order chi connectivity index (χ0) is 13.3. The molecule has 5 heteroatoms. The van der Waals surface area contributed by atoms with Crippen molar-refractivity contribution < 1.29 is 5.11 Å². The summed E-state index contributed by atoms with van der Waals surface area (Å²) in [5.41, 5.74) is 0.899. The van der Waals surface area contributed by atoms with Gasteiger partial charge in [-0.1, -0.05) is 25.4 Å². The van der Waals surface area contributed by atoms with Gasteiger partial charge in [0, 0.05) is 25.1 Å². The van der Waals surface area contributed by atoms with Gasteiger partial charge in [0.25, 0.3) is 0 Å². The molecule has 0 amide bonds.